The molecule has 1 aliphatic carbocycles. The van der Waals surface area contributed by atoms with Crippen molar-refractivity contribution in [2.75, 3.05) is 5.75 Å². The van der Waals surface area contributed by atoms with E-state index in [-0.39, 0.29) is 29.7 Å². The minimum Gasteiger partial charge on any atom is -0.448 e. The van der Waals surface area contributed by atoms with Crippen LogP contribution in [0.1, 0.15) is 25.7 Å². The van der Waals surface area contributed by atoms with Gasteiger partial charge in [0.25, 0.3) is 10.1 Å². The number of alkyl halides is 3. The maximum atomic E-state index is 13.1. The highest BCUT2D eigenvalue weighted by molar-refractivity contribution is 14.1. The summed E-state index contributed by atoms with van der Waals surface area (Å²) < 4.78 is 81.7. The Morgan fingerprint density at radius 3 is 1.97 bits per heavy atom. The molecule has 1 aromatic rings. The lowest BCUT2D eigenvalue weighted by Crippen LogP contribution is -2.40. The quantitative estimate of drug-likeness (QED) is 0.194. The molecule has 7 nitrogen and oxygen atoms in total. The Kier molecular flexibility index (Phi) is 9.43. The van der Waals surface area contributed by atoms with Crippen LogP contribution in [-0.4, -0.2) is 42.9 Å². The second-order valence-corrected chi connectivity index (χ2v) is 11.5. The monoisotopic (exact) mass is 800 g/mol. The average molecular weight is 800 g/mol. The standard InChI is InChI=1S/C17H14F3I3O7S/c18-17(19,20)13(7-31(26,27)28)29-15(24)9-3-1-2-4-10(9)16(25)30-14-11(22)5-8(21)6-12(14)23/h5-6,13H,1-4,7H2,(H,26,27,28). The first-order valence-corrected chi connectivity index (χ1v) is 13.3. The molecule has 0 aliphatic heterocycles. The minimum absolute atomic E-state index is 0.0272. The second-order valence-electron chi connectivity index (χ2n) is 6.44. The molecule has 0 saturated heterocycles. The molecule has 0 aromatic heterocycles. The van der Waals surface area contributed by atoms with E-state index < -0.39 is 40.1 Å². The first kappa shape index (κ1) is 27.0. The van der Waals surface area contributed by atoms with Crippen LogP contribution >= 0.6 is 67.8 Å². The average Bonchev–Trinajstić information content (AvgIpc) is 2.62. The lowest BCUT2D eigenvalue weighted by Gasteiger charge is -2.23. The van der Waals surface area contributed by atoms with E-state index >= 15 is 0 Å². The van der Waals surface area contributed by atoms with Gasteiger partial charge in [0, 0.05) is 14.7 Å². The van der Waals surface area contributed by atoms with Gasteiger partial charge in [-0.1, -0.05) is 0 Å². The largest absolute Gasteiger partial charge is 0.448 e. The number of halogens is 6. The van der Waals surface area contributed by atoms with Crippen molar-refractivity contribution in [2.45, 2.75) is 38.0 Å². The molecule has 1 atom stereocenters. The van der Waals surface area contributed by atoms with Crippen molar-refractivity contribution in [1.82, 2.24) is 0 Å². The van der Waals surface area contributed by atoms with Crippen LogP contribution in [0.4, 0.5) is 13.2 Å². The van der Waals surface area contributed by atoms with Gasteiger partial charge in [0.1, 0.15) is 5.75 Å². The normalized spacial score (nSPS) is 16.1. The van der Waals surface area contributed by atoms with Gasteiger partial charge in [-0.2, -0.15) is 21.6 Å². The van der Waals surface area contributed by atoms with Crippen LogP contribution in [0.5, 0.6) is 5.75 Å². The van der Waals surface area contributed by atoms with Crippen molar-refractivity contribution in [3.8, 4) is 5.75 Å². The van der Waals surface area contributed by atoms with Crippen LogP contribution in [0.25, 0.3) is 0 Å². The molecule has 0 saturated carbocycles. The first-order chi connectivity index (χ1) is 14.2. The lowest BCUT2D eigenvalue weighted by atomic mass is 9.91. The first-order valence-electron chi connectivity index (χ1n) is 8.50. The van der Waals surface area contributed by atoms with Crippen molar-refractivity contribution in [3.63, 3.8) is 0 Å². The highest BCUT2D eigenvalue weighted by Gasteiger charge is 2.46. The Hall–Kier alpha value is -0.210. The minimum atomic E-state index is -5.23. The van der Waals surface area contributed by atoms with Gasteiger partial charge >= 0.3 is 18.1 Å². The maximum absolute atomic E-state index is 13.1. The summed E-state index contributed by atoms with van der Waals surface area (Å²) in [5.41, 5.74) is -0.412. The molecule has 0 amide bonds. The van der Waals surface area contributed by atoms with Crippen LogP contribution in [-0.2, 0) is 24.4 Å². The van der Waals surface area contributed by atoms with Crippen molar-refractivity contribution < 1.29 is 45.2 Å². The topological polar surface area (TPSA) is 107 Å². The smallest absolute Gasteiger partial charge is 0.426 e. The highest BCUT2D eigenvalue weighted by atomic mass is 127. The molecule has 0 fully saturated rings. The Morgan fingerprint density at radius 2 is 1.52 bits per heavy atom. The van der Waals surface area contributed by atoms with E-state index in [1.807, 2.05) is 45.2 Å². The van der Waals surface area contributed by atoms with E-state index in [1.165, 1.54) is 0 Å². The van der Waals surface area contributed by atoms with Gasteiger partial charge in [0.2, 0.25) is 6.10 Å². The fourth-order valence-electron chi connectivity index (χ4n) is 2.72. The molecule has 0 bridgehead atoms. The molecule has 0 radical (unpaired) electrons. The molecule has 0 spiro atoms. The highest BCUT2D eigenvalue weighted by Crippen LogP contribution is 2.33. The van der Waals surface area contributed by atoms with E-state index in [1.54, 1.807) is 12.1 Å². The zero-order chi connectivity index (χ0) is 23.6. The predicted octanol–water partition coefficient (Wildman–Crippen LogP) is 4.64. The third-order valence-corrected chi connectivity index (χ3v) is 7.04. The molecule has 14 heteroatoms. The molecule has 172 valence electrons. The lowest BCUT2D eigenvalue weighted by molar-refractivity contribution is -0.213. The Labute approximate surface area is 216 Å². The van der Waals surface area contributed by atoms with Gasteiger partial charge in [0.05, 0.1) is 7.14 Å². The summed E-state index contributed by atoms with van der Waals surface area (Å²) in [4.78, 5) is 25.1. The van der Waals surface area contributed by atoms with Crippen molar-refractivity contribution in [3.05, 3.63) is 34.0 Å². The number of esters is 2. The summed E-state index contributed by atoms with van der Waals surface area (Å²) in [6.45, 7) is 0. The Morgan fingerprint density at radius 1 is 1.03 bits per heavy atom. The molecule has 31 heavy (non-hydrogen) atoms. The Balaban J connectivity index is 2.32. The third kappa shape index (κ3) is 7.95. The van der Waals surface area contributed by atoms with Crippen LogP contribution in [0.2, 0.25) is 0 Å². The fraction of sp³-hybridized carbons (Fsp3) is 0.412. The summed E-state index contributed by atoms with van der Waals surface area (Å²) in [7, 11) is -5.07. The number of hydrogen-bond acceptors (Lipinski definition) is 6. The Bertz CT molecular complexity index is 999. The molecule has 1 N–H and O–H groups in total. The molecule has 2 rings (SSSR count). The van der Waals surface area contributed by atoms with Gasteiger partial charge in [-0.3, -0.25) is 4.55 Å². The van der Waals surface area contributed by atoms with Crippen LogP contribution in [0.3, 0.4) is 0 Å². The number of rotatable bonds is 6. The maximum Gasteiger partial charge on any atom is 0.426 e. The van der Waals surface area contributed by atoms with Gasteiger partial charge < -0.3 is 9.47 Å². The molecule has 1 aliphatic rings. The number of carbonyl (C=O) groups is 2. The zero-order valence-corrected chi connectivity index (χ0v) is 22.6. The van der Waals surface area contributed by atoms with Crippen LogP contribution in [0, 0.1) is 10.7 Å². The van der Waals surface area contributed by atoms with Crippen molar-refractivity contribution >= 4 is 89.8 Å². The molecule has 0 heterocycles. The second kappa shape index (κ2) is 10.8. The molecule has 1 unspecified atom stereocenters. The van der Waals surface area contributed by atoms with Gasteiger partial charge in [0.15, 0.2) is 5.75 Å². The third-order valence-electron chi connectivity index (χ3n) is 4.09. The molecule has 1 aromatic carbocycles. The summed E-state index contributed by atoms with van der Waals surface area (Å²) in [6.07, 6.45) is -7.30. The number of ether oxygens (including phenoxy) is 2. The van der Waals surface area contributed by atoms with E-state index in [2.05, 4.69) is 27.3 Å². The zero-order valence-electron chi connectivity index (χ0n) is 15.3. The van der Waals surface area contributed by atoms with E-state index in [0.717, 1.165) is 3.57 Å². The SMILES string of the molecule is O=C(Oc1c(I)cc(I)cc1I)C1=C(C(=O)OC(CS(=O)(=O)O)C(F)(F)F)CCCC1. The van der Waals surface area contributed by atoms with Gasteiger partial charge in [-0.25, -0.2) is 9.59 Å². The van der Waals surface area contributed by atoms with E-state index in [4.69, 9.17) is 9.29 Å². The summed E-state index contributed by atoms with van der Waals surface area (Å²) >= 11 is 6.03. The fourth-order valence-corrected chi connectivity index (χ4v) is 7.17. The summed E-state index contributed by atoms with van der Waals surface area (Å²) in [6, 6.07) is 3.53. The van der Waals surface area contributed by atoms with Crippen LogP contribution < -0.4 is 4.74 Å². The summed E-state index contributed by atoms with van der Waals surface area (Å²) in [5, 5.41) is 0. The van der Waals surface area contributed by atoms with Crippen molar-refractivity contribution in [1.29, 1.82) is 0 Å². The predicted molar refractivity (Wildman–Crippen MR) is 128 cm³/mol. The summed E-state index contributed by atoms with van der Waals surface area (Å²) in [5.74, 6) is -3.93. The number of benzene rings is 1. The molecular weight excluding hydrogens is 786 g/mol. The van der Waals surface area contributed by atoms with Gasteiger partial charge in [-0.05, 0) is 106 Å². The van der Waals surface area contributed by atoms with E-state index in [0.29, 0.717) is 20.0 Å². The van der Waals surface area contributed by atoms with Crippen molar-refractivity contribution in [2.24, 2.45) is 0 Å². The number of hydrogen-bond donors (Lipinski definition) is 1. The van der Waals surface area contributed by atoms with Gasteiger partial charge in [-0.15, -0.1) is 0 Å². The van der Waals surface area contributed by atoms with Crippen LogP contribution in [0.15, 0.2) is 23.3 Å². The number of carbonyl (C=O) groups excluding carboxylic acids is 2. The molecular formula is C17H14F3I3O7S. The van der Waals surface area contributed by atoms with E-state index in [9.17, 15) is 31.2 Å².